The maximum atomic E-state index is 9.32. The van der Waals surface area contributed by atoms with Crippen LogP contribution in [-0.4, -0.2) is 11.7 Å². The number of hydrogen-bond acceptors (Lipinski definition) is 1. The Balaban J connectivity index is 2.02. The molecule has 3 rings (SSSR count). The highest BCUT2D eigenvalue weighted by Crippen LogP contribution is 2.32. The third-order valence-corrected chi connectivity index (χ3v) is 4.38. The number of rotatable bonds is 5. The largest absolute Gasteiger partial charge is 0.396 e. The molecule has 0 bridgehead atoms. The molecule has 0 heterocycles. The van der Waals surface area contributed by atoms with Gasteiger partial charge in [0.15, 0.2) is 0 Å². The van der Waals surface area contributed by atoms with Gasteiger partial charge in [-0.25, -0.2) is 0 Å². The van der Waals surface area contributed by atoms with Crippen LogP contribution in [0.15, 0.2) is 84.9 Å². The normalized spacial score (nSPS) is 12.3. The fourth-order valence-electron chi connectivity index (χ4n) is 2.99. The Labute approximate surface area is 138 Å². The molecule has 1 unspecified atom stereocenters. The summed E-state index contributed by atoms with van der Waals surface area (Å²) in [6, 6.07) is 29.8. The molecule has 0 fully saturated rings. The number of benzene rings is 3. The summed E-state index contributed by atoms with van der Waals surface area (Å²) in [7, 11) is 0. The maximum absolute atomic E-state index is 9.32. The Morgan fingerprint density at radius 1 is 0.609 bits per heavy atom. The summed E-state index contributed by atoms with van der Waals surface area (Å²) in [6.45, 7) is 2.22. The molecule has 0 saturated carbocycles. The van der Waals surface area contributed by atoms with Crippen LogP contribution in [0.25, 0.3) is 0 Å². The lowest BCUT2D eigenvalue weighted by molar-refractivity contribution is 0.273. The second kappa shape index (κ2) is 7.26. The highest BCUT2D eigenvalue weighted by molar-refractivity contribution is 5.43. The molecule has 0 aromatic heterocycles. The summed E-state index contributed by atoms with van der Waals surface area (Å²) in [6.07, 6.45) is 0. The lowest BCUT2D eigenvalue weighted by atomic mass is 9.84. The van der Waals surface area contributed by atoms with Crippen molar-refractivity contribution in [1.29, 1.82) is 0 Å². The Kier molecular flexibility index (Phi) is 4.89. The number of aliphatic hydroxyl groups excluding tert-OH is 1. The summed E-state index contributed by atoms with van der Waals surface area (Å²) in [5.74, 6) is 0.409. The van der Waals surface area contributed by atoms with Gasteiger partial charge in [0.05, 0.1) is 0 Å². The molecule has 3 aromatic carbocycles. The molecule has 1 N–H and O–H groups in total. The van der Waals surface area contributed by atoms with Gasteiger partial charge in [0.2, 0.25) is 0 Å². The smallest absolute Gasteiger partial charge is 0.0497 e. The van der Waals surface area contributed by atoms with E-state index < -0.39 is 0 Å². The van der Waals surface area contributed by atoms with Gasteiger partial charge < -0.3 is 5.11 Å². The molecule has 0 amide bonds. The molecule has 0 aliphatic heterocycles. The lowest BCUT2D eigenvalue weighted by Gasteiger charge is -2.20. The topological polar surface area (TPSA) is 20.2 Å². The van der Waals surface area contributed by atoms with E-state index in [1.807, 2.05) is 6.92 Å². The molecule has 116 valence electrons. The van der Waals surface area contributed by atoms with Crippen LogP contribution in [-0.2, 0) is 0 Å². The van der Waals surface area contributed by atoms with Gasteiger partial charge in [-0.3, -0.25) is 0 Å². The first-order valence-electron chi connectivity index (χ1n) is 8.10. The van der Waals surface area contributed by atoms with Crippen molar-refractivity contribution in [2.45, 2.75) is 18.8 Å². The molecule has 3 aromatic rings. The van der Waals surface area contributed by atoms with Crippen LogP contribution in [0.5, 0.6) is 0 Å². The molecule has 0 aliphatic carbocycles. The minimum atomic E-state index is 0.177. The van der Waals surface area contributed by atoms with E-state index in [0.29, 0.717) is 0 Å². The van der Waals surface area contributed by atoms with Gasteiger partial charge in [0, 0.05) is 18.4 Å². The van der Waals surface area contributed by atoms with E-state index in [4.69, 9.17) is 0 Å². The fourth-order valence-corrected chi connectivity index (χ4v) is 2.99. The molecule has 23 heavy (non-hydrogen) atoms. The summed E-state index contributed by atoms with van der Waals surface area (Å²) in [5.41, 5.74) is 5.04. The predicted octanol–water partition coefficient (Wildman–Crippen LogP) is 4.96. The highest BCUT2D eigenvalue weighted by atomic mass is 16.3. The van der Waals surface area contributed by atoms with Crippen LogP contribution in [0.4, 0.5) is 0 Å². The fraction of sp³-hybridized carbons (Fsp3) is 0.182. The van der Waals surface area contributed by atoms with Crippen LogP contribution in [0.2, 0.25) is 0 Å². The van der Waals surface area contributed by atoms with Crippen molar-refractivity contribution >= 4 is 0 Å². The zero-order valence-electron chi connectivity index (χ0n) is 13.4. The van der Waals surface area contributed by atoms with Gasteiger partial charge in [-0.1, -0.05) is 91.9 Å². The van der Waals surface area contributed by atoms with Gasteiger partial charge in [-0.2, -0.15) is 0 Å². The van der Waals surface area contributed by atoms with Crippen molar-refractivity contribution < 1.29 is 5.11 Å². The molecule has 1 atom stereocenters. The SMILES string of the molecule is CC(CO)c1ccc(C(c2ccccc2)c2ccccc2)cc1. The first-order chi connectivity index (χ1) is 11.3. The molecule has 0 radical (unpaired) electrons. The van der Waals surface area contributed by atoms with Crippen molar-refractivity contribution in [3.63, 3.8) is 0 Å². The van der Waals surface area contributed by atoms with E-state index in [9.17, 15) is 5.11 Å². The quantitative estimate of drug-likeness (QED) is 0.660. The first-order valence-corrected chi connectivity index (χ1v) is 8.10. The van der Waals surface area contributed by atoms with Gasteiger partial charge >= 0.3 is 0 Å². The van der Waals surface area contributed by atoms with Gasteiger partial charge in [-0.15, -0.1) is 0 Å². The third kappa shape index (κ3) is 3.52. The van der Waals surface area contributed by atoms with Crippen molar-refractivity contribution in [2.75, 3.05) is 6.61 Å². The van der Waals surface area contributed by atoms with Gasteiger partial charge in [0.1, 0.15) is 0 Å². The summed E-state index contributed by atoms with van der Waals surface area (Å²) in [5, 5.41) is 9.32. The minimum Gasteiger partial charge on any atom is -0.396 e. The van der Waals surface area contributed by atoms with Crippen molar-refractivity contribution in [1.82, 2.24) is 0 Å². The third-order valence-electron chi connectivity index (χ3n) is 4.38. The second-order valence-corrected chi connectivity index (χ2v) is 6.00. The molecule has 0 spiro atoms. The molecule has 1 nitrogen and oxygen atoms in total. The number of hydrogen-bond donors (Lipinski definition) is 1. The van der Waals surface area contributed by atoms with E-state index >= 15 is 0 Å². The summed E-state index contributed by atoms with van der Waals surface area (Å²) < 4.78 is 0. The zero-order valence-corrected chi connectivity index (χ0v) is 13.4. The Morgan fingerprint density at radius 3 is 1.43 bits per heavy atom. The van der Waals surface area contributed by atoms with E-state index in [2.05, 4.69) is 84.9 Å². The van der Waals surface area contributed by atoms with E-state index in [-0.39, 0.29) is 18.4 Å². The average Bonchev–Trinajstić information content (AvgIpc) is 2.64. The Bertz CT molecular complexity index is 677. The highest BCUT2D eigenvalue weighted by Gasteiger charge is 2.16. The van der Waals surface area contributed by atoms with Crippen LogP contribution >= 0.6 is 0 Å². The molecular formula is C22H22O. The molecule has 0 aliphatic rings. The number of aliphatic hydroxyl groups is 1. The van der Waals surface area contributed by atoms with E-state index in [0.717, 1.165) is 0 Å². The Morgan fingerprint density at radius 2 is 1.00 bits per heavy atom. The summed E-state index contributed by atoms with van der Waals surface area (Å²) >= 11 is 0. The molecular weight excluding hydrogens is 280 g/mol. The van der Waals surface area contributed by atoms with Crippen LogP contribution in [0.1, 0.15) is 41.0 Å². The van der Waals surface area contributed by atoms with Crippen LogP contribution in [0, 0.1) is 0 Å². The second-order valence-electron chi connectivity index (χ2n) is 6.00. The monoisotopic (exact) mass is 302 g/mol. The van der Waals surface area contributed by atoms with Gasteiger partial charge in [-0.05, 0) is 22.3 Å². The standard InChI is InChI=1S/C22H22O/c1-17(16-23)18-12-14-21(15-13-18)22(19-8-4-2-5-9-19)20-10-6-3-7-11-20/h2-15,17,22-23H,16H2,1H3. The molecule has 1 heteroatoms. The first kappa shape index (κ1) is 15.5. The minimum absolute atomic E-state index is 0.177. The predicted molar refractivity (Wildman–Crippen MR) is 95.8 cm³/mol. The van der Waals surface area contributed by atoms with E-state index in [1.54, 1.807) is 0 Å². The maximum Gasteiger partial charge on any atom is 0.0497 e. The van der Waals surface area contributed by atoms with Crippen LogP contribution < -0.4 is 0 Å². The lowest BCUT2D eigenvalue weighted by Crippen LogP contribution is -2.04. The Hall–Kier alpha value is -2.38. The average molecular weight is 302 g/mol. The zero-order chi connectivity index (χ0) is 16.1. The molecule has 0 saturated heterocycles. The van der Waals surface area contributed by atoms with Crippen LogP contribution in [0.3, 0.4) is 0 Å². The van der Waals surface area contributed by atoms with Crippen molar-refractivity contribution in [2.24, 2.45) is 0 Å². The van der Waals surface area contributed by atoms with E-state index in [1.165, 1.54) is 22.3 Å². The van der Waals surface area contributed by atoms with Gasteiger partial charge in [0.25, 0.3) is 0 Å². The van der Waals surface area contributed by atoms with Crippen molar-refractivity contribution in [3.05, 3.63) is 107 Å². The van der Waals surface area contributed by atoms with Crippen molar-refractivity contribution in [3.8, 4) is 0 Å². The summed E-state index contributed by atoms with van der Waals surface area (Å²) in [4.78, 5) is 0.